The molecule has 0 N–H and O–H groups in total. The Hall–Kier alpha value is 0.0649. The lowest BCUT2D eigenvalue weighted by atomic mass is 9.38. The average molecular weight is 108 g/mol. The van der Waals surface area contributed by atoms with Gasteiger partial charge in [-0.25, -0.2) is 0 Å². The Bertz CT molecular complexity index is 122. The summed E-state index contributed by atoms with van der Waals surface area (Å²) in [5, 5.41) is 0.796. The van der Waals surface area contributed by atoms with Crippen molar-refractivity contribution in [3.63, 3.8) is 0 Å². The van der Waals surface area contributed by atoms with E-state index in [-0.39, 0.29) is 0 Å². The largest absolute Gasteiger partial charge is 0.131 e. The van der Waals surface area contributed by atoms with E-state index in [0.717, 1.165) is 11.2 Å². The highest BCUT2D eigenvalue weighted by molar-refractivity contribution is 6.49. The molecule has 0 nitrogen and oxygen atoms in total. The maximum Gasteiger partial charge on any atom is 0.131 e. The van der Waals surface area contributed by atoms with E-state index >= 15 is 0 Å². The van der Waals surface area contributed by atoms with Crippen LogP contribution in [0.2, 0.25) is 11.1 Å². The summed E-state index contributed by atoms with van der Waals surface area (Å²) in [7, 11) is 1.54. The Kier molecular flexibility index (Phi) is 0.701. The monoisotopic (exact) mass is 108 g/mol. The quantitative estimate of drug-likeness (QED) is 0.449. The molecule has 0 aromatic heterocycles. The molecule has 3 atom stereocenters. The van der Waals surface area contributed by atoms with Gasteiger partial charge in [0.25, 0.3) is 0 Å². The van der Waals surface area contributed by atoms with E-state index < -0.39 is 0 Å². The van der Waals surface area contributed by atoms with Crippen LogP contribution < -0.4 is 0 Å². The third kappa shape index (κ3) is 0.386. The lowest BCUT2D eigenvalue weighted by molar-refractivity contribution is 0.473. The number of hydrogen-bond donors (Lipinski definition) is 0. The van der Waals surface area contributed by atoms with Crippen LogP contribution >= 0.6 is 0 Å². The molecule has 0 spiro atoms. The summed E-state index contributed by atoms with van der Waals surface area (Å²) in [5.74, 6) is 2.34. The molecule has 0 amide bonds. The highest BCUT2D eigenvalue weighted by atomic mass is 14.5. The van der Waals surface area contributed by atoms with Gasteiger partial charge >= 0.3 is 0 Å². The van der Waals surface area contributed by atoms with Gasteiger partial charge in [0.2, 0.25) is 0 Å². The van der Waals surface area contributed by atoms with Crippen LogP contribution in [0.4, 0.5) is 0 Å². The Morgan fingerprint density at radius 1 is 1.75 bits per heavy atom. The summed E-state index contributed by atoms with van der Waals surface area (Å²) in [4.78, 5) is 0. The molecule has 8 heavy (non-hydrogen) atoms. The molecule has 0 aromatic rings. The zero-order chi connectivity index (χ0) is 5.78. The predicted molar refractivity (Wildman–Crippen MR) is 37.7 cm³/mol. The summed E-state index contributed by atoms with van der Waals surface area (Å²) in [6.07, 6.45) is 2.97. The fourth-order valence-electron chi connectivity index (χ4n) is 2.32. The van der Waals surface area contributed by atoms with E-state index in [4.69, 9.17) is 0 Å². The highest BCUT2D eigenvalue weighted by Crippen LogP contribution is 2.71. The second-order valence-electron chi connectivity index (χ2n) is 3.81. The summed E-state index contributed by atoms with van der Waals surface area (Å²) < 4.78 is 0. The minimum absolute atomic E-state index is 0.796. The highest BCUT2D eigenvalue weighted by Gasteiger charge is 2.60. The van der Waals surface area contributed by atoms with Gasteiger partial charge in [0.1, 0.15) is 7.28 Å². The maximum absolute atomic E-state index is 2.45. The van der Waals surface area contributed by atoms with E-state index in [1.165, 1.54) is 19.5 Å². The van der Waals surface area contributed by atoms with Crippen molar-refractivity contribution >= 4 is 7.28 Å². The molecular weight excluding hydrogens is 94.9 g/mol. The Morgan fingerprint density at radius 2 is 2.50 bits per heavy atom. The zero-order valence-corrected chi connectivity index (χ0v) is 5.78. The molecule has 2 aliphatic rings. The molecule has 0 aromatic carbocycles. The van der Waals surface area contributed by atoms with Crippen molar-refractivity contribution in [1.29, 1.82) is 0 Å². The van der Waals surface area contributed by atoms with Crippen LogP contribution in [0.1, 0.15) is 26.7 Å². The van der Waals surface area contributed by atoms with Crippen molar-refractivity contribution in [3.8, 4) is 0 Å². The molecule has 1 heterocycles. The number of fused-ring (bicyclic) bond motifs is 1. The first-order valence-electron chi connectivity index (χ1n) is 3.76. The molecule has 2 unspecified atom stereocenters. The minimum atomic E-state index is 0.796. The van der Waals surface area contributed by atoms with Crippen LogP contribution in [0.5, 0.6) is 0 Å². The van der Waals surface area contributed by atoms with E-state index in [9.17, 15) is 0 Å². The number of rotatable bonds is 1. The van der Waals surface area contributed by atoms with E-state index in [1.807, 2.05) is 0 Å². The van der Waals surface area contributed by atoms with Crippen LogP contribution in [0, 0.1) is 5.92 Å². The van der Waals surface area contributed by atoms with Gasteiger partial charge in [-0.3, -0.25) is 0 Å². The molecule has 2 fully saturated rings. The third-order valence-electron chi connectivity index (χ3n) is 3.35. The molecule has 2 rings (SSSR count). The number of hydrogen-bond acceptors (Lipinski definition) is 0. The van der Waals surface area contributed by atoms with Crippen LogP contribution in [0.15, 0.2) is 0 Å². The minimum Gasteiger partial charge on any atom is -0.0663 e. The van der Waals surface area contributed by atoms with Crippen LogP contribution in [0.25, 0.3) is 0 Å². The van der Waals surface area contributed by atoms with Gasteiger partial charge in [-0.15, -0.1) is 0 Å². The van der Waals surface area contributed by atoms with Gasteiger partial charge in [0, 0.05) is 0 Å². The summed E-state index contributed by atoms with van der Waals surface area (Å²) in [6.45, 7) is 4.77. The first kappa shape index (κ1) is 4.90. The molecular formula is C7H13B. The van der Waals surface area contributed by atoms with Crippen molar-refractivity contribution in [2.75, 3.05) is 0 Å². The summed E-state index contributed by atoms with van der Waals surface area (Å²) in [5.41, 5.74) is 0. The van der Waals surface area contributed by atoms with Gasteiger partial charge in [-0.1, -0.05) is 37.8 Å². The van der Waals surface area contributed by atoms with Crippen molar-refractivity contribution in [1.82, 2.24) is 0 Å². The SMILES string of the molecule is CCC1(C)B[C@@H]2CC21. The van der Waals surface area contributed by atoms with Gasteiger partial charge in [-0.05, 0) is 5.92 Å². The van der Waals surface area contributed by atoms with Gasteiger partial charge in [-0.2, -0.15) is 0 Å². The molecule has 0 radical (unpaired) electrons. The van der Waals surface area contributed by atoms with Crippen molar-refractivity contribution in [2.24, 2.45) is 5.92 Å². The molecule has 1 heteroatoms. The van der Waals surface area contributed by atoms with Gasteiger partial charge < -0.3 is 0 Å². The third-order valence-corrected chi connectivity index (χ3v) is 3.35. The van der Waals surface area contributed by atoms with E-state index in [0.29, 0.717) is 0 Å². The normalized spacial score (nSPS) is 58.2. The molecule has 44 valence electrons. The molecule has 1 saturated heterocycles. The Morgan fingerprint density at radius 3 is 2.62 bits per heavy atom. The van der Waals surface area contributed by atoms with E-state index in [1.54, 1.807) is 6.42 Å². The average Bonchev–Trinajstić information content (AvgIpc) is 2.40. The van der Waals surface area contributed by atoms with Gasteiger partial charge in [0.15, 0.2) is 0 Å². The second kappa shape index (κ2) is 1.15. The molecule has 0 bridgehead atoms. The summed E-state index contributed by atoms with van der Waals surface area (Å²) >= 11 is 0. The maximum atomic E-state index is 2.45. The molecule has 1 aliphatic heterocycles. The smallest absolute Gasteiger partial charge is 0.0663 e. The second-order valence-corrected chi connectivity index (χ2v) is 3.81. The standard InChI is InChI=1S/C7H13B/c1-3-7(2)5-4-6(5)8-7/h5-6,8H,3-4H2,1-2H3/t5?,6-,7?/m1/s1. The van der Waals surface area contributed by atoms with Crippen molar-refractivity contribution in [2.45, 2.75) is 37.8 Å². The predicted octanol–water partition coefficient (Wildman–Crippen LogP) is 1.83. The zero-order valence-electron chi connectivity index (χ0n) is 5.78. The lowest BCUT2D eigenvalue weighted by Gasteiger charge is -2.35. The van der Waals surface area contributed by atoms with Gasteiger partial charge in [0.05, 0.1) is 0 Å². The topological polar surface area (TPSA) is 0 Å². The van der Waals surface area contributed by atoms with Crippen molar-refractivity contribution < 1.29 is 0 Å². The first-order chi connectivity index (χ1) is 3.76. The fraction of sp³-hybridized carbons (Fsp3) is 1.00. The summed E-state index contributed by atoms with van der Waals surface area (Å²) in [6, 6.07) is 0. The Labute approximate surface area is 51.9 Å². The molecule has 1 aliphatic carbocycles. The van der Waals surface area contributed by atoms with Crippen LogP contribution in [-0.4, -0.2) is 7.28 Å². The molecule has 1 saturated carbocycles. The van der Waals surface area contributed by atoms with E-state index in [2.05, 4.69) is 13.8 Å². The van der Waals surface area contributed by atoms with Crippen molar-refractivity contribution in [3.05, 3.63) is 0 Å². The Balaban J connectivity index is 2.06. The van der Waals surface area contributed by atoms with Crippen LogP contribution in [-0.2, 0) is 0 Å². The van der Waals surface area contributed by atoms with Crippen LogP contribution in [0.3, 0.4) is 0 Å². The lowest BCUT2D eigenvalue weighted by Crippen LogP contribution is -2.28. The first-order valence-corrected chi connectivity index (χ1v) is 3.76. The fourth-order valence-corrected chi connectivity index (χ4v) is 2.32.